The predicted molar refractivity (Wildman–Crippen MR) is 148 cm³/mol. The van der Waals surface area contributed by atoms with Gasteiger partial charge in [-0.15, -0.1) is 0 Å². The molecule has 0 aromatic rings. The minimum atomic E-state index is -0.720. The molecular weight excluding hydrogens is 498 g/mol. The van der Waals surface area contributed by atoms with E-state index in [1.807, 2.05) is 37.3 Å². The first-order valence-electron chi connectivity index (χ1n) is 14.3. The molecule has 218 valence electrons. The highest BCUT2D eigenvalue weighted by atomic mass is 16.6. The van der Waals surface area contributed by atoms with E-state index in [4.69, 9.17) is 15.2 Å². The third-order valence-electron chi connectivity index (χ3n) is 9.06. The van der Waals surface area contributed by atoms with Crippen LogP contribution < -0.4 is 16.4 Å². The van der Waals surface area contributed by atoms with Crippen LogP contribution in [0.15, 0.2) is 17.4 Å². The molecule has 1 heterocycles. The molecule has 5 aliphatic rings. The third-order valence-corrected chi connectivity index (χ3v) is 9.06. The number of nitrogens with one attached hydrogen (secondary N) is 2. The molecule has 0 spiro atoms. The Morgan fingerprint density at radius 1 is 1.23 bits per heavy atom. The van der Waals surface area contributed by atoms with Crippen molar-refractivity contribution in [2.45, 2.75) is 96.9 Å². The zero-order chi connectivity index (χ0) is 28.8. The van der Waals surface area contributed by atoms with Crippen LogP contribution in [0, 0.1) is 35.0 Å². The molecule has 10 heteroatoms. The number of nitrogens with two attached hydrogens (primary N) is 1. The molecule has 39 heavy (non-hydrogen) atoms. The Hall–Kier alpha value is -2.62. The monoisotopic (exact) mass is 545 g/mol. The molecule has 4 fully saturated rings. The second-order valence-electron chi connectivity index (χ2n) is 13.6. The summed E-state index contributed by atoms with van der Waals surface area (Å²) in [4.78, 5) is 37.7. The Bertz CT molecular complexity index is 1020. The van der Waals surface area contributed by atoms with E-state index < -0.39 is 22.6 Å². The molecule has 5 unspecified atom stereocenters. The van der Waals surface area contributed by atoms with Gasteiger partial charge in [0.25, 0.3) is 0 Å². The summed E-state index contributed by atoms with van der Waals surface area (Å²) < 4.78 is 10.5. The number of fused-ring (bicyclic) bond motifs is 5. The van der Waals surface area contributed by atoms with Crippen molar-refractivity contribution in [3.8, 4) is 0 Å². The van der Waals surface area contributed by atoms with Gasteiger partial charge in [-0.3, -0.25) is 14.6 Å². The van der Waals surface area contributed by atoms with Crippen LogP contribution in [0.4, 0.5) is 4.79 Å². The van der Waals surface area contributed by atoms with Gasteiger partial charge in [-0.2, -0.15) is 5.10 Å². The van der Waals surface area contributed by atoms with Gasteiger partial charge in [-0.1, -0.05) is 27.7 Å². The summed E-state index contributed by atoms with van der Waals surface area (Å²) in [6.07, 6.45) is 9.04. The van der Waals surface area contributed by atoms with Gasteiger partial charge in [-0.25, -0.2) is 4.79 Å². The Balaban J connectivity index is 1.48. The van der Waals surface area contributed by atoms with E-state index in [9.17, 15) is 14.4 Å². The van der Waals surface area contributed by atoms with E-state index in [0.29, 0.717) is 17.8 Å². The molecule has 2 bridgehead atoms. The number of ether oxygens (including phenoxy) is 2. The number of hydrogen-bond donors (Lipinski definition) is 3. The van der Waals surface area contributed by atoms with Gasteiger partial charge in [0, 0.05) is 31.5 Å². The molecule has 6 atom stereocenters. The van der Waals surface area contributed by atoms with Crippen molar-refractivity contribution in [1.29, 1.82) is 0 Å². The summed E-state index contributed by atoms with van der Waals surface area (Å²) in [7, 11) is 1.49. The van der Waals surface area contributed by atoms with Crippen LogP contribution >= 0.6 is 0 Å². The van der Waals surface area contributed by atoms with Gasteiger partial charge in [0.2, 0.25) is 11.8 Å². The van der Waals surface area contributed by atoms with Crippen molar-refractivity contribution in [3.63, 3.8) is 0 Å². The van der Waals surface area contributed by atoms with Gasteiger partial charge < -0.3 is 25.8 Å². The lowest BCUT2D eigenvalue weighted by Gasteiger charge is -2.54. The molecule has 3 amide bonds. The predicted octanol–water partition coefficient (Wildman–Crippen LogP) is 3.17. The number of rotatable bonds is 10. The quantitative estimate of drug-likeness (QED) is 0.386. The van der Waals surface area contributed by atoms with Crippen molar-refractivity contribution < 1.29 is 23.9 Å². The number of amides is 3. The average molecular weight is 546 g/mol. The molecule has 4 N–H and O–H groups in total. The first kappa shape index (κ1) is 29.4. The van der Waals surface area contributed by atoms with Crippen molar-refractivity contribution in [1.82, 2.24) is 15.6 Å². The number of hydrazone groups is 1. The van der Waals surface area contributed by atoms with Crippen LogP contribution in [-0.4, -0.2) is 66.1 Å². The molecule has 0 aromatic carbocycles. The maximum Gasteiger partial charge on any atom is 0.405 e. The van der Waals surface area contributed by atoms with Crippen molar-refractivity contribution >= 4 is 24.1 Å². The molecule has 10 nitrogen and oxygen atoms in total. The molecule has 0 radical (unpaired) electrons. The van der Waals surface area contributed by atoms with Gasteiger partial charge in [0.15, 0.2) is 0 Å². The number of primary amides is 1. The normalized spacial score (nSPS) is 37.1. The third kappa shape index (κ3) is 5.95. The average Bonchev–Trinajstić information content (AvgIpc) is 3.22. The number of nitrogens with zero attached hydrogens (tertiary/aromatic N) is 2. The highest BCUT2D eigenvalue weighted by Gasteiger charge is 2.73. The maximum absolute atomic E-state index is 14.0. The van der Waals surface area contributed by atoms with Crippen LogP contribution in [0.1, 0.15) is 73.6 Å². The van der Waals surface area contributed by atoms with Gasteiger partial charge >= 0.3 is 6.09 Å². The Kier molecular flexibility index (Phi) is 8.09. The molecule has 4 aliphatic carbocycles. The first-order chi connectivity index (χ1) is 18.2. The summed E-state index contributed by atoms with van der Waals surface area (Å²) in [5, 5.41) is 12.9. The van der Waals surface area contributed by atoms with Gasteiger partial charge in [0.05, 0.1) is 11.6 Å². The first-order valence-corrected chi connectivity index (χ1v) is 14.3. The smallest absolute Gasteiger partial charge is 0.405 e. The van der Waals surface area contributed by atoms with Crippen LogP contribution in [0.2, 0.25) is 0 Å². The summed E-state index contributed by atoms with van der Waals surface area (Å²) in [5.74, 6) is 1.35. The zero-order valence-corrected chi connectivity index (χ0v) is 24.5. The second-order valence-corrected chi connectivity index (χ2v) is 13.6. The zero-order valence-electron chi connectivity index (χ0n) is 24.5. The van der Waals surface area contributed by atoms with Crippen LogP contribution in [-0.2, 0) is 19.1 Å². The largest absolute Gasteiger partial charge is 0.443 e. The summed E-state index contributed by atoms with van der Waals surface area (Å²) >= 11 is 0. The molecule has 0 saturated heterocycles. The van der Waals surface area contributed by atoms with E-state index in [-0.39, 0.29) is 42.3 Å². The fourth-order valence-corrected chi connectivity index (χ4v) is 7.58. The summed E-state index contributed by atoms with van der Waals surface area (Å²) in [6.45, 7) is 12.6. The molecule has 1 aliphatic heterocycles. The van der Waals surface area contributed by atoms with Crippen molar-refractivity contribution in [2.75, 3.05) is 13.7 Å². The lowest BCUT2D eigenvalue weighted by atomic mass is 9.59. The van der Waals surface area contributed by atoms with Crippen molar-refractivity contribution in [3.05, 3.63) is 12.3 Å². The Morgan fingerprint density at radius 2 is 1.92 bits per heavy atom. The second kappa shape index (κ2) is 10.7. The van der Waals surface area contributed by atoms with Crippen molar-refractivity contribution in [2.24, 2.45) is 45.8 Å². The minimum Gasteiger partial charge on any atom is -0.443 e. The fourth-order valence-electron chi connectivity index (χ4n) is 7.58. The fraction of sp³-hybridized carbons (Fsp3) is 0.793. The van der Waals surface area contributed by atoms with Crippen LogP contribution in [0.3, 0.4) is 0 Å². The van der Waals surface area contributed by atoms with Crippen LogP contribution in [0.5, 0.6) is 0 Å². The lowest BCUT2D eigenvalue weighted by molar-refractivity contribution is -0.135. The minimum absolute atomic E-state index is 0.00333. The Morgan fingerprint density at radius 3 is 2.54 bits per heavy atom. The molecule has 0 aromatic heterocycles. The maximum atomic E-state index is 14.0. The topological polar surface area (TPSA) is 135 Å². The SMILES string of the molecule is COCC(=O)NC(C)(C)/C=C/N1N=CC2(C(=O)NC3C4CC(OC(N)=O)(CC(C)C[C@H]3C)C4)C(CC(C)C)C12. The number of carbonyl (C=O) groups excluding carboxylic acids is 3. The van der Waals surface area contributed by atoms with E-state index in [0.717, 1.165) is 32.1 Å². The highest BCUT2D eigenvalue weighted by Crippen LogP contribution is 2.61. The standard InChI is InChI=1S/C29H47N5O5/c1-17(2)10-21-24-29(21,16-31-34(24)9-8-27(5,6)33-22(35)15-38-7)25(36)32-23-19(4)11-18(3)12-28(39-26(30)37)13-20(23)14-28/h8-9,16-21,23-24H,10-15H2,1-7H3,(H2,30,37)(H,32,36)(H,33,35)/b9-8+/t18?,19-,20?,21?,23?,24?,28?,29?/m1/s1. The lowest BCUT2D eigenvalue weighted by Crippen LogP contribution is -2.60. The number of methoxy groups -OCH3 is 1. The number of carbonyl (C=O) groups is 3. The van der Waals surface area contributed by atoms with E-state index >= 15 is 0 Å². The molecule has 4 saturated carbocycles. The van der Waals surface area contributed by atoms with Gasteiger partial charge in [-0.05, 0) is 75.7 Å². The number of hydrogen-bond acceptors (Lipinski definition) is 7. The van der Waals surface area contributed by atoms with E-state index in [1.54, 1.807) is 0 Å². The van der Waals surface area contributed by atoms with E-state index in [2.05, 4.69) is 43.4 Å². The molecular formula is C29H47N5O5. The van der Waals surface area contributed by atoms with Gasteiger partial charge in [0.1, 0.15) is 17.6 Å². The molecule has 5 rings (SSSR count). The van der Waals surface area contributed by atoms with E-state index in [1.165, 1.54) is 7.11 Å². The Labute approximate surface area is 232 Å². The highest BCUT2D eigenvalue weighted by molar-refractivity contribution is 6.05. The summed E-state index contributed by atoms with van der Waals surface area (Å²) in [6, 6.07) is -0.0452. The summed E-state index contributed by atoms with van der Waals surface area (Å²) in [5.41, 5.74) is 3.62. The van der Waals surface area contributed by atoms with Crippen LogP contribution in [0.25, 0.3) is 0 Å².